The largest absolute Gasteiger partial charge is 0.321 e. The lowest BCUT2D eigenvalue weighted by Gasteiger charge is -2.10. The number of amides is 1. The van der Waals surface area contributed by atoms with Crippen LogP contribution in [0.25, 0.3) is 10.9 Å². The fraction of sp³-hybridized carbons (Fsp3) is 0.125. The van der Waals surface area contributed by atoms with Crippen LogP contribution in [0.15, 0.2) is 41.7 Å². The molecule has 1 N–H and O–H groups in total. The highest BCUT2D eigenvalue weighted by molar-refractivity contribution is 7.98. The molecule has 0 saturated heterocycles. The second-order valence-corrected chi connectivity index (χ2v) is 5.98. The number of aromatic nitrogens is 3. The van der Waals surface area contributed by atoms with Gasteiger partial charge in [0.1, 0.15) is 5.15 Å². The highest BCUT2D eigenvalue weighted by Crippen LogP contribution is 2.24. The lowest BCUT2D eigenvalue weighted by Crippen LogP contribution is -2.14. The average Bonchev–Trinajstić information content (AvgIpc) is 2.54. The maximum Gasteiger partial charge on any atom is 0.260 e. The molecule has 0 bridgehead atoms. The Labute approximate surface area is 142 Å². The molecular formula is C16H13ClN4OS. The fourth-order valence-corrected chi connectivity index (χ4v) is 2.80. The number of para-hydroxylation sites is 1. The van der Waals surface area contributed by atoms with Gasteiger partial charge in [-0.25, -0.2) is 9.97 Å². The van der Waals surface area contributed by atoms with Gasteiger partial charge < -0.3 is 5.32 Å². The van der Waals surface area contributed by atoms with E-state index in [0.29, 0.717) is 10.8 Å². The summed E-state index contributed by atoms with van der Waals surface area (Å²) >= 11 is 7.45. The Morgan fingerprint density at radius 2 is 2.04 bits per heavy atom. The first-order valence-corrected chi connectivity index (χ1v) is 8.43. The van der Waals surface area contributed by atoms with Gasteiger partial charge in [-0.2, -0.15) is 0 Å². The van der Waals surface area contributed by atoms with E-state index in [-0.39, 0.29) is 16.6 Å². The van der Waals surface area contributed by atoms with Crippen molar-refractivity contribution in [3.05, 3.63) is 52.9 Å². The molecule has 1 aromatic carbocycles. The van der Waals surface area contributed by atoms with Gasteiger partial charge in [-0.1, -0.05) is 41.6 Å². The summed E-state index contributed by atoms with van der Waals surface area (Å²) in [6.07, 6.45) is 3.28. The van der Waals surface area contributed by atoms with Crippen molar-refractivity contribution in [1.82, 2.24) is 15.0 Å². The van der Waals surface area contributed by atoms with Crippen molar-refractivity contribution in [2.24, 2.45) is 0 Å². The standard InChI is InChI=1S/C16H13ClN4OS/c1-9-7-13(10-5-3-4-6-12(10)19-9)20-15(22)11-8-18-16(23-2)21-14(11)17/h3-8H,1-2H3,(H,19,20,22). The summed E-state index contributed by atoms with van der Waals surface area (Å²) in [7, 11) is 0. The van der Waals surface area contributed by atoms with Crippen LogP contribution in [0.5, 0.6) is 0 Å². The molecule has 1 amide bonds. The third-order valence-corrected chi connectivity index (χ3v) is 4.09. The van der Waals surface area contributed by atoms with Gasteiger partial charge in [0.2, 0.25) is 0 Å². The number of thioether (sulfide) groups is 1. The van der Waals surface area contributed by atoms with Crippen molar-refractivity contribution in [3.8, 4) is 0 Å². The molecule has 0 atom stereocenters. The van der Waals surface area contributed by atoms with E-state index < -0.39 is 0 Å². The van der Waals surface area contributed by atoms with Gasteiger partial charge in [0.25, 0.3) is 5.91 Å². The number of benzene rings is 1. The molecule has 0 unspecified atom stereocenters. The Balaban J connectivity index is 1.97. The third kappa shape index (κ3) is 3.28. The van der Waals surface area contributed by atoms with Gasteiger partial charge in [-0.05, 0) is 25.3 Å². The van der Waals surface area contributed by atoms with E-state index in [9.17, 15) is 4.79 Å². The first kappa shape index (κ1) is 15.7. The van der Waals surface area contributed by atoms with Crippen molar-refractivity contribution in [1.29, 1.82) is 0 Å². The van der Waals surface area contributed by atoms with E-state index in [0.717, 1.165) is 16.6 Å². The van der Waals surface area contributed by atoms with E-state index in [1.807, 2.05) is 43.5 Å². The molecule has 23 heavy (non-hydrogen) atoms. The maximum absolute atomic E-state index is 12.5. The summed E-state index contributed by atoms with van der Waals surface area (Å²) in [5, 5.41) is 4.40. The molecule has 0 spiro atoms. The Bertz CT molecular complexity index is 900. The topological polar surface area (TPSA) is 67.8 Å². The number of halogens is 1. The molecule has 3 rings (SSSR count). The first-order chi connectivity index (χ1) is 11.1. The van der Waals surface area contributed by atoms with Gasteiger partial charge in [-0.3, -0.25) is 9.78 Å². The number of nitrogens with zero attached hydrogens (tertiary/aromatic N) is 3. The van der Waals surface area contributed by atoms with Crippen LogP contribution in [0.4, 0.5) is 5.69 Å². The lowest BCUT2D eigenvalue weighted by atomic mass is 10.1. The molecular weight excluding hydrogens is 332 g/mol. The molecule has 3 aromatic rings. The van der Waals surface area contributed by atoms with Crippen LogP contribution in [0.2, 0.25) is 5.15 Å². The molecule has 0 fully saturated rings. The molecule has 2 aromatic heterocycles. The van der Waals surface area contributed by atoms with E-state index in [1.165, 1.54) is 18.0 Å². The minimum Gasteiger partial charge on any atom is -0.321 e. The summed E-state index contributed by atoms with van der Waals surface area (Å²) in [5.74, 6) is -0.349. The Kier molecular flexibility index (Phi) is 4.45. The number of hydrogen-bond acceptors (Lipinski definition) is 5. The third-order valence-electron chi connectivity index (χ3n) is 3.24. The highest BCUT2D eigenvalue weighted by atomic mass is 35.5. The summed E-state index contributed by atoms with van der Waals surface area (Å²) in [4.78, 5) is 25.1. The van der Waals surface area contributed by atoms with Crippen LogP contribution < -0.4 is 5.32 Å². The van der Waals surface area contributed by atoms with Crippen LogP contribution in [0.3, 0.4) is 0 Å². The second kappa shape index (κ2) is 6.52. The average molecular weight is 345 g/mol. The minimum atomic E-state index is -0.349. The molecule has 0 aliphatic heterocycles. The summed E-state index contributed by atoms with van der Waals surface area (Å²) < 4.78 is 0. The number of carbonyl (C=O) groups excluding carboxylic acids is 1. The lowest BCUT2D eigenvalue weighted by molar-refractivity contribution is 0.102. The van der Waals surface area contributed by atoms with Crippen LogP contribution in [0.1, 0.15) is 16.1 Å². The molecule has 0 saturated carbocycles. The number of nitrogens with one attached hydrogen (secondary N) is 1. The summed E-state index contributed by atoms with van der Waals surface area (Å²) in [6.45, 7) is 1.88. The van der Waals surface area contributed by atoms with Crippen molar-refractivity contribution in [2.75, 3.05) is 11.6 Å². The number of aryl methyl sites for hydroxylation is 1. The second-order valence-electron chi connectivity index (χ2n) is 4.84. The zero-order valence-electron chi connectivity index (χ0n) is 12.5. The Hall–Kier alpha value is -2.18. The number of carbonyl (C=O) groups is 1. The number of pyridine rings is 1. The normalized spacial score (nSPS) is 10.7. The van der Waals surface area contributed by atoms with Crippen LogP contribution in [-0.2, 0) is 0 Å². The van der Waals surface area contributed by atoms with Crippen LogP contribution >= 0.6 is 23.4 Å². The van der Waals surface area contributed by atoms with Gasteiger partial charge in [0.15, 0.2) is 5.16 Å². The number of fused-ring (bicyclic) bond motifs is 1. The van der Waals surface area contributed by atoms with Gasteiger partial charge in [0, 0.05) is 17.3 Å². The zero-order valence-corrected chi connectivity index (χ0v) is 14.1. The van der Waals surface area contributed by atoms with Crippen LogP contribution in [-0.4, -0.2) is 27.1 Å². The number of rotatable bonds is 3. The molecule has 2 heterocycles. The smallest absolute Gasteiger partial charge is 0.260 e. The quantitative estimate of drug-likeness (QED) is 0.442. The number of anilines is 1. The molecule has 0 aliphatic rings. The van der Waals surface area contributed by atoms with Crippen LogP contribution in [0, 0.1) is 6.92 Å². The predicted octanol–water partition coefficient (Wildman–Crippen LogP) is 3.96. The fourth-order valence-electron chi connectivity index (χ4n) is 2.20. The Morgan fingerprint density at radius 3 is 2.78 bits per heavy atom. The van der Waals surface area contributed by atoms with E-state index in [4.69, 9.17) is 11.6 Å². The maximum atomic E-state index is 12.5. The summed E-state index contributed by atoms with van der Waals surface area (Å²) in [5.41, 5.74) is 2.56. The molecule has 116 valence electrons. The number of hydrogen-bond donors (Lipinski definition) is 1. The SMILES string of the molecule is CSc1ncc(C(=O)Nc2cc(C)nc3ccccc23)c(Cl)n1. The minimum absolute atomic E-state index is 0.136. The van der Waals surface area contributed by atoms with Gasteiger partial charge >= 0.3 is 0 Å². The van der Waals surface area contributed by atoms with E-state index in [2.05, 4.69) is 20.3 Å². The van der Waals surface area contributed by atoms with E-state index in [1.54, 1.807) is 0 Å². The molecule has 0 aliphatic carbocycles. The van der Waals surface area contributed by atoms with Crippen molar-refractivity contribution in [3.63, 3.8) is 0 Å². The summed E-state index contributed by atoms with van der Waals surface area (Å²) in [6, 6.07) is 9.45. The Morgan fingerprint density at radius 1 is 1.26 bits per heavy atom. The van der Waals surface area contributed by atoms with Gasteiger partial charge in [-0.15, -0.1) is 0 Å². The monoisotopic (exact) mass is 344 g/mol. The zero-order chi connectivity index (χ0) is 16.4. The van der Waals surface area contributed by atoms with Crippen molar-refractivity contribution < 1.29 is 4.79 Å². The van der Waals surface area contributed by atoms with Crippen molar-refractivity contribution >= 4 is 45.9 Å². The first-order valence-electron chi connectivity index (χ1n) is 6.83. The van der Waals surface area contributed by atoms with Crippen molar-refractivity contribution in [2.45, 2.75) is 12.1 Å². The highest BCUT2D eigenvalue weighted by Gasteiger charge is 2.15. The van der Waals surface area contributed by atoms with Gasteiger partial charge in [0.05, 0.1) is 16.8 Å². The molecule has 5 nitrogen and oxygen atoms in total. The van der Waals surface area contributed by atoms with E-state index >= 15 is 0 Å². The molecule has 7 heteroatoms. The predicted molar refractivity (Wildman–Crippen MR) is 93.3 cm³/mol. The molecule has 0 radical (unpaired) electrons.